The molecule has 0 spiro atoms. The summed E-state index contributed by atoms with van der Waals surface area (Å²) in [4.78, 5) is 15.1. The Labute approximate surface area is 136 Å². The predicted octanol–water partition coefficient (Wildman–Crippen LogP) is 3.40. The summed E-state index contributed by atoms with van der Waals surface area (Å²) in [5.74, 6) is -1.07. The summed E-state index contributed by atoms with van der Waals surface area (Å²) in [6.45, 7) is 3.54. The SMILES string of the molecule is CNC(=O)c1c(F)c(C)c(-c2ccc(C)c(=S)[nH]2)c2cn[nH]c12. The number of nitrogens with one attached hydrogen (secondary N) is 3. The number of aryl methyl sites for hydroxylation is 1. The molecule has 118 valence electrons. The van der Waals surface area contributed by atoms with Crippen LogP contribution in [0.15, 0.2) is 18.3 Å². The number of nitrogens with zero attached hydrogens (tertiary/aromatic N) is 1. The van der Waals surface area contributed by atoms with Gasteiger partial charge >= 0.3 is 0 Å². The van der Waals surface area contributed by atoms with Gasteiger partial charge in [-0.05, 0) is 31.0 Å². The van der Waals surface area contributed by atoms with E-state index in [4.69, 9.17) is 12.2 Å². The number of hydrogen-bond donors (Lipinski definition) is 3. The highest BCUT2D eigenvalue weighted by atomic mass is 32.1. The van der Waals surface area contributed by atoms with E-state index >= 15 is 0 Å². The van der Waals surface area contributed by atoms with Gasteiger partial charge in [0.1, 0.15) is 16.0 Å². The molecule has 3 aromatic rings. The molecule has 0 bridgehead atoms. The summed E-state index contributed by atoms with van der Waals surface area (Å²) in [5.41, 5.74) is 2.96. The van der Waals surface area contributed by atoms with Crippen LogP contribution in [0.3, 0.4) is 0 Å². The maximum absolute atomic E-state index is 14.8. The summed E-state index contributed by atoms with van der Waals surface area (Å²) in [5, 5.41) is 9.81. The van der Waals surface area contributed by atoms with Gasteiger partial charge in [0.05, 0.1) is 11.7 Å². The standard InChI is InChI=1S/C16H15FN4OS/c1-7-4-5-10(20-16(7)23)11-8(2)13(17)12(15(22)18-3)14-9(11)6-19-21-14/h4-6H,1-3H3,(H,18,22)(H,19,21)(H,20,23). The third-order valence-corrected chi connectivity index (χ3v) is 4.34. The summed E-state index contributed by atoms with van der Waals surface area (Å²) in [6, 6.07) is 3.73. The molecule has 5 nitrogen and oxygen atoms in total. The van der Waals surface area contributed by atoms with Crippen LogP contribution in [-0.4, -0.2) is 28.1 Å². The highest BCUT2D eigenvalue weighted by Crippen LogP contribution is 2.34. The average Bonchev–Trinajstić information content (AvgIpc) is 2.99. The second-order valence-corrected chi connectivity index (χ2v) is 5.72. The second-order valence-electron chi connectivity index (χ2n) is 5.31. The van der Waals surface area contributed by atoms with Crippen molar-refractivity contribution in [3.8, 4) is 11.3 Å². The van der Waals surface area contributed by atoms with Crippen LogP contribution in [0.5, 0.6) is 0 Å². The summed E-state index contributed by atoms with van der Waals surface area (Å²) in [7, 11) is 1.46. The number of aromatic amines is 2. The van der Waals surface area contributed by atoms with E-state index in [2.05, 4.69) is 20.5 Å². The van der Waals surface area contributed by atoms with Crippen molar-refractivity contribution in [2.24, 2.45) is 0 Å². The van der Waals surface area contributed by atoms with Crippen molar-refractivity contribution in [3.63, 3.8) is 0 Å². The Morgan fingerprint density at radius 2 is 2.09 bits per heavy atom. The van der Waals surface area contributed by atoms with E-state index in [-0.39, 0.29) is 5.56 Å². The van der Waals surface area contributed by atoms with E-state index < -0.39 is 11.7 Å². The highest BCUT2D eigenvalue weighted by molar-refractivity contribution is 7.71. The Morgan fingerprint density at radius 3 is 2.74 bits per heavy atom. The molecule has 23 heavy (non-hydrogen) atoms. The van der Waals surface area contributed by atoms with Crippen LogP contribution in [0, 0.1) is 24.3 Å². The number of pyridine rings is 1. The number of benzene rings is 1. The summed E-state index contributed by atoms with van der Waals surface area (Å²) >= 11 is 5.27. The lowest BCUT2D eigenvalue weighted by atomic mass is 9.96. The maximum Gasteiger partial charge on any atom is 0.256 e. The minimum absolute atomic E-state index is 0.0352. The van der Waals surface area contributed by atoms with Crippen molar-refractivity contribution in [2.45, 2.75) is 13.8 Å². The molecule has 0 aliphatic heterocycles. The van der Waals surface area contributed by atoms with E-state index in [1.54, 1.807) is 13.1 Å². The third kappa shape index (κ3) is 2.33. The fraction of sp³-hybridized carbons (Fsp3) is 0.188. The number of hydrogen-bond acceptors (Lipinski definition) is 3. The molecule has 2 aromatic heterocycles. The van der Waals surface area contributed by atoms with Crippen molar-refractivity contribution in [2.75, 3.05) is 7.05 Å². The number of amides is 1. The number of aromatic nitrogens is 3. The lowest BCUT2D eigenvalue weighted by molar-refractivity contribution is 0.0960. The second kappa shape index (κ2) is 5.58. The van der Waals surface area contributed by atoms with E-state index in [9.17, 15) is 9.18 Å². The Kier molecular flexibility index (Phi) is 3.73. The third-order valence-electron chi connectivity index (χ3n) is 3.91. The Hall–Kier alpha value is -2.54. The van der Waals surface area contributed by atoms with Crippen LogP contribution >= 0.6 is 12.2 Å². The Morgan fingerprint density at radius 1 is 1.35 bits per heavy atom. The van der Waals surface area contributed by atoms with Gasteiger partial charge in [-0.1, -0.05) is 18.3 Å². The fourth-order valence-corrected chi connectivity index (χ4v) is 2.83. The molecular weight excluding hydrogens is 315 g/mol. The topological polar surface area (TPSA) is 73.6 Å². The quantitative estimate of drug-likeness (QED) is 0.631. The zero-order valence-electron chi connectivity index (χ0n) is 12.9. The maximum atomic E-state index is 14.8. The molecule has 0 aliphatic carbocycles. The molecule has 0 unspecified atom stereocenters. The Bertz CT molecular complexity index is 990. The van der Waals surface area contributed by atoms with Crippen LogP contribution in [0.4, 0.5) is 4.39 Å². The minimum atomic E-state index is -0.573. The molecular formula is C16H15FN4OS. The molecule has 1 aromatic carbocycles. The zero-order chi connectivity index (χ0) is 16.7. The molecule has 2 heterocycles. The summed E-state index contributed by atoms with van der Waals surface area (Å²) < 4.78 is 15.4. The first-order valence-electron chi connectivity index (χ1n) is 7.03. The lowest BCUT2D eigenvalue weighted by Gasteiger charge is -2.13. The average molecular weight is 330 g/mol. The van der Waals surface area contributed by atoms with Crippen LogP contribution in [-0.2, 0) is 0 Å². The van der Waals surface area contributed by atoms with Gasteiger partial charge in [0.15, 0.2) is 0 Å². The number of carbonyl (C=O) groups is 1. The number of fused-ring (bicyclic) bond motifs is 1. The normalized spacial score (nSPS) is 11.0. The van der Waals surface area contributed by atoms with Gasteiger partial charge in [0.2, 0.25) is 0 Å². The van der Waals surface area contributed by atoms with Crippen molar-refractivity contribution >= 4 is 29.0 Å². The molecule has 0 saturated heterocycles. The molecule has 0 aliphatic rings. The minimum Gasteiger partial charge on any atom is -0.355 e. The summed E-state index contributed by atoms with van der Waals surface area (Å²) in [6.07, 6.45) is 1.58. The first-order chi connectivity index (χ1) is 11.0. The van der Waals surface area contributed by atoms with E-state index in [1.807, 2.05) is 19.1 Å². The highest BCUT2D eigenvalue weighted by Gasteiger charge is 2.23. The number of carbonyl (C=O) groups excluding carboxylic acids is 1. The zero-order valence-corrected chi connectivity index (χ0v) is 13.7. The molecule has 0 fully saturated rings. The van der Waals surface area contributed by atoms with Crippen molar-refractivity contribution in [3.05, 3.63) is 45.5 Å². The lowest BCUT2D eigenvalue weighted by Crippen LogP contribution is -2.20. The van der Waals surface area contributed by atoms with Gasteiger partial charge in [-0.15, -0.1) is 0 Å². The van der Waals surface area contributed by atoms with E-state index in [0.717, 1.165) is 5.56 Å². The Balaban J connectivity index is 2.41. The van der Waals surface area contributed by atoms with E-state index in [1.165, 1.54) is 7.05 Å². The molecule has 0 radical (unpaired) electrons. The monoisotopic (exact) mass is 330 g/mol. The van der Waals surface area contributed by atoms with Gasteiger partial charge in [-0.2, -0.15) is 5.10 Å². The van der Waals surface area contributed by atoms with Crippen molar-refractivity contribution in [1.29, 1.82) is 0 Å². The number of halogens is 1. The number of H-pyrrole nitrogens is 2. The van der Waals surface area contributed by atoms with Crippen LogP contribution in [0.2, 0.25) is 0 Å². The molecule has 3 N–H and O–H groups in total. The van der Waals surface area contributed by atoms with E-state index in [0.29, 0.717) is 32.4 Å². The molecule has 3 rings (SSSR count). The van der Waals surface area contributed by atoms with Crippen LogP contribution in [0.1, 0.15) is 21.5 Å². The molecule has 0 atom stereocenters. The first kappa shape index (κ1) is 15.4. The fourth-order valence-electron chi connectivity index (χ4n) is 2.65. The van der Waals surface area contributed by atoms with Crippen LogP contribution < -0.4 is 5.32 Å². The molecule has 0 saturated carbocycles. The van der Waals surface area contributed by atoms with Crippen molar-refractivity contribution in [1.82, 2.24) is 20.5 Å². The van der Waals surface area contributed by atoms with Gasteiger partial charge in [0, 0.05) is 23.7 Å². The van der Waals surface area contributed by atoms with Gasteiger partial charge < -0.3 is 10.3 Å². The molecule has 7 heteroatoms. The van der Waals surface area contributed by atoms with Crippen LogP contribution in [0.25, 0.3) is 22.2 Å². The number of rotatable bonds is 2. The first-order valence-corrected chi connectivity index (χ1v) is 7.44. The smallest absolute Gasteiger partial charge is 0.256 e. The predicted molar refractivity (Wildman–Crippen MR) is 89.5 cm³/mol. The van der Waals surface area contributed by atoms with Gasteiger partial charge in [-0.3, -0.25) is 9.89 Å². The van der Waals surface area contributed by atoms with Gasteiger partial charge in [-0.25, -0.2) is 4.39 Å². The van der Waals surface area contributed by atoms with Crippen molar-refractivity contribution < 1.29 is 9.18 Å². The largest absolute Gasteiger partial charge is 0.355 e. The van der Waals surface area contributed by atoms with Gasteiger partial charge in [0.25, 0.3) is 5.91 Å². The molecule has 1 amide bonds.